The third kappa shape index (κ3) is 4.12. The van der Waals surface area contributed by atoms with Crippen molar-refractivity contribution in [3.63, 3.8) is 0 Å². The standard InChI is InChI=1S/C26H22BrN3O4S2/c1-13-10-15(14(2)29(13)24-21(25(33)34)18-8-3-4-9-20(18)36-24)11-19-22(31)28-26(35)30(23(19)32)17-7-5-6-16(27)12-17/h5-7,10-12H,3-4,8-9H2,1-2H3,(H,33,34)(H,28,31,35)/b19-11+. The normalized spacial score (nSPS) is 16.9. The van der Waals surface area contributed by atoms with Crippen LogP contribution in [0, 0.1) is 13.8 Å². The molecule has 3 heterocycles. The number of aryl methyl sites for hydroxylation is 2. The number of carboxylic acids is 1. The highest BCUT2D eigenvalue weighted by Gasteiger charge is 2.35. The van der Waals surface area contributed by atoms with E-state index in [9.17, 15) is 19.5 Å². The van der Waals surface area contributed by atoms with E-state index in [1.54, 1.807) is 24.3 Å². The molecule has 2 aliphatic rings. The number of aromatic nitrogens is 1. The molecule has 0 bridgehead atoms. The lowest BCUT2D eigenvalue weighted by Gasteiger charge is -2.29. The van der Waals surface area contributed by atoms with Gasteiger partial charge < -0.3 is 9.67 Å². The van der Waals surface area contributed by atoms with Crippen LogP contribution < -0.4 is 10.2 Å². The first-order valence-corrected chi connectivity index (χ1v) is 13.4. The summed E-state index contributed by atoms with van der Waals surface area (Å²) in [5.74, 6) is -2.03. The van der Waals surface area contributed by atoms with Crippen molar-refractivity contribution in [2.24, 2.45) is 0 Å². The zero-order chi connectivity index (χ0) is 25.7. The number of thiophene rings is 1. The first-order valence-electron chi connectivity index (χ1n) is 11.4. The highest BCUT2D eigenvalue weighted by Crippen LogP contribution is 2.39. The highest BCUT2D eigenvalue weighted by molar-refractivity contribution is 9.10. The molecule has 0 unspecified atom stereocenters. The second-order valence-corrected chi connectivity index (χ2v) is 11.2. The van der Waals surface area contributed by atoms with Crippen molar-refractivity contribution in [2.75, 3.05) is 4.90 Å². The molecule has 0 radical (unpaired) electrons. The minimum atomic E-state index is -0.934. The number of nitrogens with one attached hydrogen (secondary N) is 1. The Morgan fingerprint density at radius 1 is 1.19 bits per heavy atom. The molecule has 36 heavy (non-hydrogen) atoms. The summed E-state index contributed by atoms with van der Waals surface area (Å²) in [6.07, 6.45) is 5.25. The molecule has 0 atom stereocenters. The number of carboxylic acid groups (broad SMARTS) is 1. The van der Waals surface area contributed by atoms with Crippen LogP contribution in [0.15, 0.2) is 40.4 Å². The van der Waals surface area contributed by atoms with Crippen LogP contribution in [0.25, 0.3) is 11.1 Å². The van der Waals surface area contributed by atoms with Crippen LogP contribution in [0.4, 0.5) is 5.69 Å². The van der Waals surface area contributed by atoms with Gasteiger partial charge in [-0.3, -0.25) is 19.8 Å². The van der Waals surface area contributed by atoms with E-state index < -0.39 is 17.8 Å². The van der Waals surface area contributed by atoms with Crippen LogP contribution in [0.1, 0.15) is 50.6 Å². The fraction of sp³-hybridized carbons (Fsp3) is 0.231. The number of halogens is 1. The zero-order valence-corrected chi connectivity index (χ0v) is 22.8. The zero-order valence-electron chi connectivity index (χ0n) is 19.6. The summed E-state index contributed by atoms with van der Waals surface area (Å²) in [6.45, 7) is 3.76. The lowest BCUT2D eigenvalue weighted by Crippen LogP contribution is -2.54. The fourth-order valence-corrected chi connectivity index (χ4v) is 7.00. The molecule has 2 N–H and O–H groups in total. The quantitative estimate of drug-likeness (QED) is 0.246. The molecule has 0 saturated carbocycles. The third-order valence-corrected chi connectivity index (χ3v) is 8.56. The van der Waals surface area contributed by atoms with E-state index >= 15 is 0 Å². The molecule has 0 spiro atoms. The van der Waals surface area contributed by atoms with Crippen LogP contribution in [-0.4, -0.2) is 32.6 Å². The number of thiocarbonyl (C=S) groups is 1. The van der Waals surface area contributed by atoms with E-state index in [4.69, 9.17) is 12.2 Å². The maximum absolute atomic E-state index is 13.4. The van der Waals surface area contributed by atoms with E-state index in [1.165, 1.54) is 16.2 Å². The summed E-state index contributed by atoms with van der Waals surface area (Å²) in [6, 6.07) is 8.96. The number of nitrogens with zero attached hydrogens (tertiary/aromatic N) is 2. The van der Waals surface area contributed by atoms with Gasteiger partial charge in [0.15, 0.2) is 5.11 Å². The van der Waals surface area contributed by atoms with Crippen LogP contribution in [-0.2, 0) is 22.4 Å². The number of carbonyl (C=O) groups is 3. The Bertz CT molecular complexity index is 1500. The van der Waals surface area contributed by atoms with Crippen LogP contribution in [0.3, 0.4) is 0 Å². The Kier molecular flexibility index (Phi) is 6.44. The van der Waals surface area contributed by atoms with Crippen molar-refractivity contribution in [1.82, 2.24) is 9.88 Å². The SMILES string of the molecule is Cc1cc(/C=C2\C(=O)NC(=S)N(c3cccc(Br)c3)C2=O)c(C)n1-c1sc2c(c1C(=O)O)CCCC2. The molecule has 5 rings (SSSR count). The monoisotopic (exact) mass is 583 g/mol. The van der Waals surface area contributed by atoms with Gasteiger partial charge >= 0.3 is 5.97 Å². The number of anilines is 1. The van der Waals surface area contributed by atoms with Gasteiger partial charge in [-0.05, 0) is 93.2 Å². The molecule has 2 aromatic heterocycles. The molecule has 184 valence electrons. The molecule has 1 aliphatic heterocycles. The van der Waals surface area contributed by atoms with Crippen molar-refractivity contribution < 1.29 is 19.5 Å². The van der Waals surface area contributed by atoms with E-state index in [1.807, 2.05) is 30.5 Å². The van der Waals surface area contributed by atoms with Crippen molar-refractivity contribution >= 4 is 74.1 Å². The third-order valence-electron chi connectivity index (χ3n) is 6.51. The van der Waals surface area contributed by atoms with Crippen molar-refractivity contribution in [3.8, 4) is 5.00 Å². The number of carbonyl (C=O) groups excluding carboxylic acids is 2. The van der Waals surface area contributed by atoms with Gasteiger partial charge in [0, 0.05) is 20.7 Å². The Morgan fingerprint density at radius 3 is 2.67 bits per heavy atom. The molecule has 10 heteroatoms. The van der Waals surface area contributed by atoms with E-state index in [0.717, 1.165) is 52.0 Å². The fourth-order valence-electron chi connectivity index (χ4n) is 4.84. The van der Waals surface area contributed by atoms with E-state index in [0.29, 0.717) is 21.8 Å². The molecule has 1 fully saturated rings. The number of fused-ring (bicyclic) bond motifs is 1. The summed E-state index contributed by atoms with van der Waals surface area (Å²) < 4.78 is 2.69. The highest BCUT2D eigenvalue weighted by atomic mass is 79.9. The average molecular weight is 585 g/mol. The summed E-state index contributed by atoms with van der Waals surface area (Å²) in [4.78, 5) is 40.9. The van der Waals surface area contributed by atoms with Crippen molar-refractivity contribution in [2.45, 2.75) is 39.5 Å². The molecule has 2 amide bonds. The average Bonchev–Trinajstić information content (AvgIpc) is 3.32. The number of benzene rings is 1. The predicted octanol–water partition coefficient (Wildman–Crippen LogP) is 5.33. The van der Waals surface area contributed by atoms with Gasteiger partial charge in [-0.2, -0.15) is 0 Å². The van der Waals surface area contributed by atoms with E-state index in [2.05, 4.69) is 21.2 Å². The Morgan fingerprint density at radius 2 is 1.94 bits per heavy atom. The van der Waals surface area contributed by atoms with Crippen LogP contribution in [0.5, 0.6) is 0 Å². The number of hydrogen-bond acceptors (Lipinski definition) is 5. The molecule has 1 aromatic carbocycles. The van der Waals surface area contributed by atoms with E-state index in [-0.39, 0.29) is 10.7 Å². The van der Waals surface area contributed by atoms with Gasteiger partial charge in [-0.1, -0.05) is 22.0 Å². The summed E-state index contributed by atoms with van der Waals surface area (Å²) in [7, 11) is 0. The van der Waals surface area contributed by atoms with Gasteiger partial charge in [0.05, 0.1) is 11.3 Å². The largest absolute Gasteiger partial charge is 0.478 e. The second-order valence-electron chi connectivity index (χ2n) is 8.80. The smallest absolute Gasteiger partial charge is 0.339 e. The maximum atomic E-state index is 13.4. The Labute approximate surface area is 225 Å². The maximum Gasteiger partial charge on any atom is 0.339 e. The lowest BCUT2D eigenvalue weighted by atomic mass is 9.95. The summed E-state index contributed by atoms with van der Waals surface area (Å²) in [5, 5.41) is 13.3. The molecular formula is C26H22BrN3O4S2. The summed E-state index contributed by atoms with van der Waals surface area (Å²) >= 11 is 10.2. The predicted molar refractivity (Wildman–Crippen MR) is 147 cm³/mol. The topological polar surface area (TPSA) is 91.6 Å². The summed E-state index contributed by atoms with van der Waals surface area (Å²) in [5.41, 5.74) is 4.01. The van der Waals surface area contributed by atoms with Crippen LogP contribution in [0.2, 0.25) is 0 Å². The van der Waals surface area contributed by atoms with Gasteiger partial charge in [-0.25, -0.2) is 4.79 Å². The first-order chi connectivity index (χ1) is 17.2. The minimum Gasteiger partial charge on any atom is -0.478 e. The number of hydrogen-bond donors (Lipinski definition) is 2. The van der Waals surface area contributed by atoms with Gasteiger partial charge in [0.25, 0.3) is 11.8 Å². The second kappa shape index (κ2) is 9.42. The molecule has 7 nitrogen and oxygen atoms in total. The Balaban J connectivity index is 1.59. The number of amides is 2. The number of aromatic carboxylic acids is 1. The molecule has 1 saturated heterocycles. The molecule has 1 aliphatic carbocycles. The van der Waals surface area contributed by atoms with Gasteiger partial charge in [-0.15, -0.1) is 11.3 Å². The van der Waals surface area contributed by atoms with Crippen molar-refractivity contribution in [1.29, 1.82) is 0 Å². The minimum absolute atomic E-state index is 0.0148. The Hall–Kier alpha value is -3.08. The van der Waals surface area contributed by atoms with Gasteiger partial charge in [0.2, 0.25) is 0 Å². The van der Waals surface area contributed by atoms with Crippen molar-refractivity contribution in [3.05, 3.63) is 73.3 Å². The molecule has 3 aromatic rings. The van der Waals surface area contributed by atoms with Gasteiger partial charge in [0.1, 0.15) is 10.6 Å². The van der Waals surface area contributed by atoms with Crippen LogP contribution >= 0.6 is 39.5 Å². The number of rotatable bonds is 4. The lowest BCUT2D eigenvalue weighted by molar-refractivity contribution is -0.122. The molecular weight excluding hydrogens is 562 g/mol. The first kappa shape index (κ1) is 24.6.